The Kier molecular flexibility index (Phi) is 7.77. The fraction of sp³-hybridized carbons (Fsp3) is 0.778. The van der Waals surface area contributed by atoms with E-state index >= 15 is 0 Å². The summed E-state index contributed by atoms with van der Waals surface area (Å²) in [5, 5.41) is 0. The number of hydrogen-bond donors (Lipinski definition) is 2. The molecule has 0 aromatic rings. The molecule has 4 N–H and O–H groups in total. The van der Waals surface area contributed by atoms with Gasteiger partial charge < -0.3 is 20.9 Å². The number of hydrogen-bond acceptors (Lipinski definition) is 7. The maximum Gasteiger partial charge on any atom is 0.411 e. The van der Waals surface area contributed by atoms with Crippen molar-refractivity contribution in [3.8, 4) is 0 Å². The lowest BCUT2D eigenvalue weighted by atomic mass is 10.00. The lowest BCUT2D eigenvalue weighted by Gasteiger charge is -2.31. The average Bonchev–Trinajstić information content (AvgIpc) is 2.97. The van der Waals surface area contributed by atoms with Crippen LogP contribution < -0.4 is 11.5 Å². The highest BCUT2D eigenvalue weighted by Gasteiger charge is 2.42. The highest BCUT2D eigenvalue weighted by molar-refractivity contribution is 5.94. The zero-order valence-corrected chi connectivity index (χ0v) is 16.6. The molecule has 0 bridgehead atoms. The molecule has 0 aliphatic heterocycles. The van der Waals surface area contributed by atoms with Crippen molar-refractivity contribution < 1.29 is 28.7 Å². The first kappa shape index (κ1) is 22.9. The average molecular weight is 385 g/mol. The third kappa shape index (κ3) is 6.82. The van der Waals surface area contributed by atoms with Gasteiger partial charge in [-0.3, -0.25) is 9.69 Å². The number of esters is 2. The van der Waals surface area contributed by atoms with Gasteiger partial charge in [0.05, 0.1) is 0 Å². The minimum absolute atomic E-state index is 0.0773. The van der Waals surface area contributed by atoms with Crippen LogP contribution in [0.15, 0.2) is 0 Å². The Morgan fingerprint density at radius 3 is 2.15 bits per heavy atom. The summed E-state index contributed by atoms with van der Waals surface area (Å²) in [6, 6.07) is -1.17. The van der Waals surface area contributed by atoms with Crippen LogP contribution in [-0.4, -0.2) is 52.6 Å². The zero-order valence-electron chi connectivity index (χ0n) is 16.6. The van der Waals surface area contributed by atoms with Crippen LogP contribution in [0.5, 0.6) is 0 Å². The third-order valence-corrected chi connectivity index (χ3v) is 4.38. The lowest BCUT2D eigenvalue weighted by molar-refractivity contribution is -0.167. The van der Waals surface area contributed by atoms with Crippen LogP contribution in [0.3, 0.4) is 0 Å². The number of ether oxygens (including phenoxy) is 2. The zero-order chi connectivity index (χ0) is 20.8. The maximum absolute atomic E-state index is 12.6. The summed E-state index contributed by atoms with van der Waals surface area (Å²) in [5.74, 6) is -2.38. The summed E-state index contributed by atoms with van der Waals surface area (Å²) in [7, 11) is 0. The molecule has 0 heterocycles. The number of carbonyl (C=O) groups is 4. The van der Waals surface area contributed by atoms with Gasteiger partial charge in [0.2, 0.25) is 5.91 Å². The van der Waals surface area contributed by atoms with Crippen LogP contribution in [0.1, 0.15) is 66.2 Å². The summed E-state index contributed by atoms with van der Waals surface area (Å²) in [5.41, 5.74) is 9.23. The van der Waals surface area contributed by atoms with Gasteiger partial charge in [-0.25, -0.2) is 14.4 Å². The second kappa shape index (κ2) is 9.16. The maximum atomic E-state index is 12.6. The van der Waals surface area contributed by atoms with Crippen molar-refractivity contribution >= 4 is 23.9 Å². The van der Waals surface area contributed by atoms with E-state index in [0.29, 0.717) is 12.8 Å². The molecule has 1 atom stereocenters. The van der Waals surface area contributed by atoms with E-state index in [2.05, 4.69) is 0 Å². The smallest absolute Gasteiger partial charge is 0.411 e. The van der Waals surface area contributed by atoms with Gasteiger partial charge >= 0.3 is 18.0 Å². The molecule has 9 nitrogen and oxygen atoms in total. The fourth-order valence-corrected chi connectivity index (χ4v) is 2.95. The van der Waals surface area contributed by atoms with E-state index in [1.54, 1.807) is 27.7 Å². The molecule has 1 aliphatic carbocycles. The topological polar surface area (TPSA) is 142 Å². The first-order valence-electron chi connectivity index (χ1n) is 9.22. The summed E-state index contributed by atoms with van der Waals surface area (Å²) < 4.78 is 10.3. The Morgan fingerprint density at radius 2 is 1.70 bits per heavy atom. The molecule has 0 radical (unpaired) electrons. The van der Waals surface area contributed by atoms with Gasteiger partial charge in [-0.1, -0.05) is 12.8 Å². The molecule has 0 saturated heterocycles. The second-order valence-corrected chi connectivity index (χ2v) is 7.86. The fourth-order valence-electron chi connectivity index (χ4n) is 2.95. The van der Waals surface area contributed by atoms with Crippen LogP contribution in [0.25, 0.3) is 0 Å². The monoisotopic (exact) mass is 385 g/mol. The summed E-state index contributed by atoms with van der Waals surface area (Å²) in [6.07, 6.45) is 1.47. The summed E-state index contributed by atoms with van der Waals surface area (Å²) >= 11 is 0. The number of nitrogens with zero attached hydrogens (tertiary/aromatic N) is 1. The van der Waals surface area contributed by atoms with Crippen LogP contribution in [-0.2, 0) is 23.9 Å². The van der Waals surface area contributed by atoms with Crippen molar-refractivity contribution in [3.63, 3.8) is 0 Å². The normalized spacial score (nSPS) is 17.1. The first-order valence-corrected chi connectivity index (χ1v) is 9.22. The molecule has 9 heteroatoms. The molecule has 0 unspecified atom stereocenters. The van der Waals surface area contributed by atoms with Crippen molar-refractivity contribution in [1.82, 2.24) is 4.90 Å². The Morgan fingerprint density at radius 1 is 1.15 bits per heavy atom. The van der Waals surface area contributed by atoms with E-state index in [9.17, 15) is 19.2 Å². The van der Waals surface area contributed by atoms with Gasteiger partial charge in [0.1, 0.15) is 17.2 Å². The van der Waals surface area contributed by atoms with E-state index in [1.165, 1.54) is 0 Å². The molecule has 1 aliphatic rings. The van der Waals surface area contributed by atoms with Gasteiger partial charge in [-0.05, 0) is 47.0 Å². The van der Waals surface area contributed by atoms with Crippen molar-refractivity contribution in [2.75, 3.05) is 6.54 Å². The van der Waals surface area contributed by atoms with Crippen LogP contribution >= 0.6 is 0 Å². The van der Waals surface area contributed by atoms with Gasteiger partial charge in [0.25, 0.3) is 0 Å². The highest BCUT2D eigenvalue weighted by atomic mass is 16.6. The molecule has 0 aromatic heterocycles. The molecule has 27 heavy (non-hydrogen) atoms. The number of primary amides is 1. The van der Waals surface area contributed by atoms with E-state index < -0.39 is 41.1 Å². The van der Waals surface area contributed by atoms with Crippen LogP contribution in [0, 0.1) is 0 Å². The quantitative estimate of drug-likeness (QED) is 0.495. The minimum Gasteiger partial charge on any atom is -0.444 e. The Balaban J connectivity index is 2.96. The molecule has 0 spiro atoms. The number of nitrogens with two attached hydrogens (primary N) is 2. The van der Waals surface area contributed by atoms with E-state index in [4.69, 9.17) is 20.9 Å². The standard InChI is InChI=1S/C18H31N3O6/c1-5-21(16(25)27-17(2,3)4)12(8-9-13(19)22)14(23)26-15(24)18(20)10-6-7-11-18/h12H,5-11,20H2,1-4H3,(H2,19,22)/t12-/m0/s1. The predicted octanol–water partition coefficient (Wildman–Crippen LogP) is 1.22. The van der Waals surface area contributed by atoms with Crippen molar-refractivity contribution in [2.24, 2.45) is 11.5 Å². The number of amides is 2. The summed E-state index contributed by atoms with van der Waals surface area (Å²) in [4.78, 5) is 49.7. The molecule has 1 fully saturated rings. The van der Waals surface area contributed by atoms with Gasteiger partial charge in [0.15, 0.2) is 0 Å². The minimum atomic E-state index is -1.19. The third-order valence-electron chi connectivity index (χ3n) is 4.38. The van der Waals surface area contributed by atoms with Crippen molar-refractivity contribution in [3.05, 3.63) is 0 Å². The van der Waals surface area contributed by atoms with Gasteiger partial charge in [0, 0.05) is 13.0 Å². The van der Waals surface area contributed by atoms with Gasteiger partial charge in [-0.15, -0.1) is 0 Å². The lowest BCUT2D eigenvalue weighted by Crippen LogP contribution is -2.52. The molecular formula is C18H31N3O6. The molecule has 1 saturated carbocycles. The van der Waals surface area contributed by atoms with E-state index in [1.807, 2.05) is 0 Å². The van der Waals surface area contributed by atoms with Gasteiger partial charge in [-0.2, -0.15) is 0 Å². The number of likely N-dealkylation sites (N-methyl/N-ethyl adjacent to an activating group) is 1. The molecule has 154 valence electrons. The predicted molar refractivity (Wildman–Crippen MR) is 97.3 cm³/mol. The largest absolute Gasteiger partial charge is 0.444 e. The van der Waals surface area contributed by atoms with Crippen LogP contribution in [0.2, 0.25) is 0 Å². The molecular weight excluding hydrogens is 354 g/mol. The van der Waals surface area contributed by atoms with Crippen LogP contribution in [0.4, 0.5) is 4.79 Å². The molecule has 0 aromatic carbocycles. The van der Waals surface area contributed by atoms with E-state index in [0.717, 1.165) is 17.7 Å². The Bertz CT molecular complexity index is 578. The summed E-state index contributed by atoms with van der Waals surface area (Å²) in [6.45, 7) is 6.85. The Hall–Kier alpha value is -2.16. The number of carbonyl (C=O) groups excluding carboxylic acids is 4. The molecule has 1 rings (SSSR count). The number of rotatable bonds is 7. The van der Waals surface area contributed by atoms with Crippen molar-refractivity contribution in [1.29, 1.82) is 0 Å². The van der Waals surface area contributed by atoms with E-state index in [-0.39, 0.29) is 19.4 Å². The SMILES string of the molecule is CCN(C(=O)OC(C)(C)C)[C@@H](CCC(N)=O)C(=O)OC(=O)C1(N)CCCC1. The first-order chi connectivity index (χ1) is 12.4. The molecule has 2 amide bonds. The highest BCUT2D eigenvalue weighted by Crippen LogP contribution is 2.28. The van der Waals surface area contributed by atoms with Crippen molar-refractivity contribution in [2.45, 2.75) is 83.4 Å². The second-order valence-electron chi connectivity index (χ2n) is 7.86. The Labute approximate surface area is 159 Å².